The van der Waals surface area contributed by atoms with Gasteiger partial charge in [0.15, 0.2) is 6.23 Å². The first kappa shape index (κ1) is 16.2. The molecule has 4 N–H and O–H groups in total. The van der Waals surface area contributed by atoms with Gasteiger partial charge in [0, 0.05) is 6.20 Å². The Bertz CT molecular complexity index is 768. The number of halogens is 1. The predicted molar refractivity (Wildman–Crippen MR) is 89.1 cm³/mol. The van der Waals surface area contributed by atoms with Gasteiger partial charge in [-0.1, -0.05) is 30.3 Å². The molecule has 0 bridgehead atoms. The maximum atomic E-state index is 14.5. The molecule has 0 aromatic heterocycles. The Labute approximate surface area is 143 Å². The molecule has 6 unspecified atom stereocenters. The second-order valence-corrected chi connectivity index (χ2v) is 6.59. The minimum atomic E-state index is -1.24. The normalized spacial score (nSPS) is 40.0. The molecule has 3 aliphatic rings. The molecule has 4 rings (SSSR count). The molecular formula is C17H19FN4O3. The van der Waals surface area contributed by atoms with Gasteiger partial charge in [-0.15, -0.1) is 0 Å². The predicted octanol–water partition coefficient (Wildman–Crippen LogP) is 0.664. The number of aliphatic imine (C=N–C) groups is 2. The van der Waals surface area contributed by atoms with Crippen molar-refractivity contribution in [1.29, 1.82) is 0 Å². The molecule has 1 aromatic rings. The van der Waals surface area contributed by atoms with E-state index in [-0.39, 0.29) is 5.84 Å². The molecule has 1 saturated heterocycles. The standard InChI is InChI=1S/C17H19FN4O3/c1-17-11(15(19)20-8-21-17)10(18)7-22(17)16-13(24)12(23)14(25-16)9-5-3-2-4-6-9/h2-8,11-14,16,23-24H,1H3,(H2,19,20,21). The molecule has 8 heteroatoms. The highest BCUT2D eigenvalue weighted by Crippen LogP contribution is 2.46. The van der Waals surface area contributed by atoms with Crippen LogP contribution in [-0.2, 0) is 4.74 Å². The van der Waals surface area contributed by atoms with Crippen LogP contribution in [0.3, 0.4) is 0 Å². The van der Waals surface area contributed by atoms with Gasteiger partial charge >= 0.3 is 0 Å². The van der Waals surface area contributed by atoms with Crippen LogP contribution >= 0.6 is 0 Å². The van der Waals surface area contributed by atoms with E-state index in [1.165, 1.54) is 17.4 Å². The van der Waals surface area contributed by atoms with Crippen LogP contribution < -0.4 is 5.73 Å². The summed E-state index contributed by atoms with van der Waals surface area (Å²) in [5, 5.41) is 21.0. The van der Waals surface area contributed by atoms with E-state index in [0.717, 1.165) is 5.56 Å². The first-order valence-corrected chi connectivity index (χ1v) is 8.02. The average molecular weight is 346 g/mol. The lowest BCUT2D eigenvalue weighted by Crippen LogP contribution is -2.56. The molecule has 0 aliphatic carbocycles. The second-order valence-electron chi connectivity index (χ2n) is 6.59. The Hall–Kier alpha value is -2.29. The van der Waals surface area contributed by atoms with Gasteiger partial charge in [0.05, 0.1) is 0 Å². The van der Waals surface area contributed by atoms with Gasteiger partial charge in [-0.3, -0.25) is 0 Å². The fourth-order valence-electron chi connectivity index (χ4n) is 3.74. The van der Waals surface area contributed by atoms with Gasteiger partial charge in [0.2, 0.25) is 0 Å². The highest BCUT2D eigenvalue weighted by molar-refractivity contribution is 5.94. The number of hydrogen-bond donors (Lipinski definition) is 3. The van der Waals surface area contributed by atoms with Crippen molar-refractivity contribution in [3.63, 3.8) is 0 Å². The topological polar surface area (TPSA) is 104 Å². The number of benzene rings is 1. The molecule has 0 radical (unpaired) electrons. The summed E-state index contributed by atoms with van der Waals surface area (Å²) in [4.78, 5) is 9.62. The van der Waals surface area contributed by atoms with Crippen molar-refractivity contribution in [3.8, 4) is 0 Å². The van der Waals surface area contributed by atoms with E-state index >= 15 is 0 Å². The fourth-order valence-corrected chi connectivity index (χ4v) is 3.74. The zero-order chi connectivity index (χ0) is 17.8. The quantitative estimate of drug-likeness (QED) is 0.730. The van der Waals surface area contributed by atoms with Crippen LogP contribution in [0.15, 0.2) is 52.3 Å². The van der Waals surface area contributed by atoms with Crippen LogP contribution in [0.2, 0.25) is 0 Å². The third-order valence-electron chi connectivity index (χ3n) is 5.07. The molecule has 6 atom stereocenters. The summed E-state index contributed by atoms with van der Waals surface area (Å²) in [6.45, 7) is 1.69. The van der Waals surface area contributed by atoms with Crippen LogP contribution in [-0.4, -0.2) is 51.4 Å². The lowest BCUT2D eigenvalue weighted by Gasteiger charge is -2.41. The maximum absolute atomic E-state index is 14.5. The summed E-state index contributed by atoms with van der Waals surface area (Å²) in [6.07, 6.45) is -1.57. The van der Waals surface area contributed by atoms with Gasteiger partial charge < -0.3 is 25.6 Å². The van der Waals surface area contributed by atoms with E-state index in [2.05, 4.69) is 9.98 Å². The van der Waals surface area contributed by atoms with Crippen molar-refractivity contribution in [2.75, 3.05) is 0 Å². The number of fused-ring (bicyclic) bond motifs is 1. The molecule has 1 fully saturated rings. The lowest BCUT2D eigenvalue weighted by atomic mass is 9.93. The lowest BCUT2D eigenvalue weighted by molar-refractivity contribution is -0.103. The molecule has 7 nitrogen and oxygen atoms in total. The van der Waals surface area contributed by atoms with Gasteiger partial charge in [-0.2, -0.15) is 0 Å². The van der Waals surface area contributed by atoms with Crippen LogP contribution in [0, 0.1) is 5.92 Å². The van der Waals surface area contributed by atoms with Gasteiger partial charge in [-0.25, -0.2) is 14.4 Å². The zero-order valence-electron chi connectivity index (χ0n) is 13.5. The van der Waals surface area contributed by atoms with Crippen molar-refractivity contribution in [2.45, 2.75) is 37.1 Å². The molecule has 0 amide bonds. The Morgan fingerprint density at radius 2 is 1.96 bits per heavy atom. The number of hydrogen-bond acceptors (Lipinski definition) is 7. The summed E-state index contributed by atoms with van der Waals surface area (Å²) in [5.74, 6) is -1.24. The summed E-state index contributed by atoms with van der Waals surface area (Å²) in [6, 6.07) is 9.09. The maximum Gasteiger partial charge on any atom is 0.161 e. The van der Waals surface area contributed by atoms with Crippen molar-refractivity contribution in [1.82, 2.24) is 4.90 Å². The third-order valence-corrected chi connectivity index (χ3v) is 5.07. The number of nitrogens with zero attached hydrogens (tertiary/aromatic N) is 3. The Kier molecular flexibility index (Phi) is 3.64. The minimum absolute atomic E-state index is 0.112. The van der Waals surface area contributed by atoms with Gasteiger partial charge in [0.1, 0.15) is 47.9 Å². The average Bonchev–Trinajstić information content (AvgIpc) is 3.03. The Balaban J connectivity index is 1.66. The van der Waals surface area contributed by atoms with Crippen LogP contribution in [0.5, 0.6) is 0 Å². The number of nitrogens with two attached hydrogens (primary N) is 1. The van der Waals surface area contributed by atoms with Crippen LogP contribution in [0.1, 0.15) is 18.6 Å². The molecule has 3 heterocycles. The minimum Gasteiger partial charge on any atom is -0.387 e. The number of rotatable bonds is 2. The molecule has 3 aliphatic heterocycles. The molecule has 0 saturated carbocycles. The van der Waals surface area contributed by atoms with Gasteiger partial charge in [-0.05, 0) is 12.5 Å². The first-order chi connectivity index (χ1) is 11.9. The van der Waals surface area contributed by atoms with E-state index in [1.807, 2.05) is 18.2 Å². The summed E-state index contributed by atoms with van der Waals surface area (Å²) in [7, 11) is 0. The van der Waals surface area contributed by atoms with Crippen LogP contribution in [0.25, 0.3) is 0 Å². The van der Waals surface area contributed by atoms with Crippen molar-refractivity contribution < 1.29 is 19.3 Å². The monoisotopic (exact) mass is 346 g/mol. The SMILES string of the molecule is CC12N=CN=C(N)C1C(F)=CN2C1OC(c2ccccc2)C(O)C1O. The molecule has 0 spiro atoms. The third kappa shape index (κ3) is 2.29. The van der Waals surface area contributed by atoms with E-state index in [9.17, 15) is 14.6 Å². The van der Waals surface area contributed by atoms with E-state index in [1.54, 1.807) is 19.1 Å². The van der Waals surface area contributed by atoms with E-state index < -0.39 is 41.9 Å². The number of aliphatic hydroxyl groups is 2. The highest BCUT2D eigenvalue weighted by Gasteiger charge is 2.57. The molecule has 1 aromatic carbocycles. The number of amidine groups is 1. The van der Waals surface area contributed by atoms with E-state index in [0.29, 0.717) is 0 Å². The summed E-state index contributed by atoms with van der Waals surface area (Å²) < 4.78 is 20.4. The molecule has 132 valence electrons. The Morgan fingerprint density at radius 1 is 1.24 bits per heavy atom. The van der Waals surface area contributed by atoms with Gasteiger partial charge in [0.25, 0.3) is 0 Å². The Morgan fingerprint density at radius 3 is 2.68 bits per heavy atom. The second kappa shape index (κ2) is 5.62. The smallest absolute Gasteiger partial charge is 0.161 e. The number of ether oxygens (including phenoxy) is 1. The van der Waals surface area contributed by atoms with Crippen LogP contribution in [0.4, 0.5) is 4.39 Å². The zero-order valence-corrected chi connectivity index (χ0v) is 13.5. The highest BCUT2D eigenvalue weighted by atomic mass is 19.1. The van der Waals surface area contributed by atoms with Crippen molar-refractivity contribution >= 4 is 12.2 Å². The van der Waals surface area contributed by atoms with E-state index in [4.69, 9.17) is 10.5 Å². The van der Waals surface area contributed by atoms with Crippen molar-refractivity contribution in [2.24, 2.45) is 21.6 Å². The summed E-state index contributed by atoms with van der Waals surface area (Å²) in [5.41, 5.74) is 5.46. The first-order valence-electron chi connectivity index (χ1n) is 8.02. The number of aliphatic hydroxyl groups excluding tert-OH is 2. The summed E-state index contributed by atoms with van der Waals surface area (Å²) >= 11 is 0. The largest absolute Gasteiger partial charge is 0.387 e. The molecular weight excluding hydrogens is 327 g/mol. The molecule has 25 heavy (non-hydrogen) atoms. The fraction of sp³-hybridized carbons (Fsp3) is 0.412. The van der Waals surface area contributed by atoms with Crippen molar-refractivity contribution in [3.05, 3.63) is 47.9 Å².